The van der Waals surface area contributed by atoms with Crippen molar-refractivity contribution in [3.8, 4) is 0 Å². The first kappa shape index (κ1) is 19.8. The lowest BCUT2D eigenvalue weighted by molar-refractivity contribution is 0.826. The number of benzene rings is 3. The van der Waals surface area contributed by atoms with Gasteiger partial charge in [-0.25, -0.2) is 4.99 Å². The van der Waals surface area contributed by atoms with Crippen molar-refractivity contribution in [1.82, 2.24) is 0 Å². The third kappa shape index (κ3) is 4.90. The van der Waals surface area contributed by atoms with E-state index in [1.165, 1.54) is 0 Å². The zero-order valence-corrected chi connectivity index (χ0v) is 17.6. The van der Waals surface area contributed by atoms with E-state index < -0.39 is 0 Å². The monoisotopic (exact) mass is 406 g/mol. The maximum atomic E-state index is 4.77. The van der Waals surface area contributed by atoms with Gasteiger partial charge in [-0.05, 0) is 46.8 Å². The predicted octanol–water partition coefficient (Wildman–Crippen LogP) is 7.36. The Hall–Kier alpha value is -3.52. The Kier molecular flexibility index (Phi) is 6.46. The van der Waals surface area contributed by atoms with Crippen LogP contribution in [-0.4, -0.2) is 12.1 Å². The van der Waals surface area contributed by atoms with Crippen LogP contribution in [0.25, 0.3) is 5.57 Å². The SMILES string of the molecule is C[C@H](N=Cc1ccsc1)c1ccccc1N=C=C(c1ccccc1)c1ccccc1. The zero-order chi connectivity index (χ0) is 20.6. The lowest BCUT2D eigenvalue weighted by atomic mass is 9.99. The Bertz CT molecular complexity index is 1130. The Morgan fingerprint density at radius 2 is 1.47 bits per heavy atom. The first-order valence-corrected chi connectivity index (χ1v) is 10.8. The fraction of sp³-hybridized carbons (Fsp3) is 0.0741. The molecule has 30 heavy (non-hydrogen) atoms. The molecule has 0 aliphatic rings. The number of rotatable bonds is 6. The van der Waals surface area contributed by atoms with Gasteiger partial charge < -0.3 is 0 Å². The van der Waals surface area contributed by atoms with E-state index in [4.69, 9.17) is 9.98 Å². The number of hydrogen-bond acceptors (Lipinski definition) is 3. The summed E-state index contributed by atoms with van der Waals surface area (Å²) in [5, 5.41) is 4.15. The average Bonchev–Trinajstić information content (AvgIpc) is 3.33. The molecular weight excluding hydrogens is 384 g/mol. The van der Waals surface area contributed by atoms with Gasteiger partial charge in [-0.15, -0.1) is 0 Å². The molecule has 0 fully saturated rings. The summed E-state index contributed by atoms with van der Waals surface area (Å²) in [6.45, 7) is 2.09. The highest BCUT2D eigenvalue weighted by Gasteiger charge is 2.09. The number of aliphatic imine (C=N–C) groups is 2. The molecule has 3 aromatic carbocycles. The normalized spacial score (nSPS) is 11.8. The highest BCUT2D eigenvalue weighted by Crippen LogP contribution is 2.28. The van der Waals surface area contributed by atoms with E-state index in [2.05, 4.69) is 60.0 Å². The Balaban J connectivity index is 1.73. The van der Waals surface area contributed by atoms with Gasteiger partial charge in [0.2, 0.25) is 0 Å². The minimum Gasteiger partial charge on any atom is -0.285 e. The second-order valence-electron chi connectivity index (χ2n) is 6.90. The molecule has 4 aromatic rings. The molecule has 0 aliphatic heterocycles. The van der Waals surface area contributed by atoms with Crippen molar-refractivity contribution >= 4 is 34.7 Å². The first-order chi connectivity index (χ1) is 14.8. The van der Waals surface area contributed by atoms with Crippen molar-refractivity contribution in [2.24, 2.45) is 9.98 Å². The summed E-state index contributed by atoms with van der Waals surface area (Å²) in [7, 11) is 0. The summed E-state index contributed by atoms with van der Waals surface area (Å²) < 4.78 is 0. The third-order valence-corrected chi connectivity index (χ3v) is 5.49. The Morgan fingerprint density at radius 3 is 2.10 bits per heavy atom. The van der Waals surface area contributed by atoms with E-state index in [1.54, 1.807) is 11.3 Å². The van der Waals surface area contributed by atoms with Crippen LogP contribution in [-0.2, 0) is 0 Å². The molecule has 0 saturated heterocycles. The summed E-state index contributed by atoms with van der Waals surface area (Å²) in [5.41, 5.74) is 6.25. The fourth-order valence-electron chi connectivity index (χ4n) is 3.19. The van der Waals surface area contributed by atoms with Gasteiger partial charge in [-0.2, -0.15) is 11.3 Å². The molecule has 1 atom stereocenters. The largest absolute Gasteiger partial charge is 0.285 e. The quantitative estimate of drug-likeness (QED) is 0.299. The number of nitrogens with zero attached hydrogens (tertiary/aromatic N) is 2. The minimum atomic E-state index is 0.00329. The van der Waals surface area contributed by atoms with Crippen molar-refractivity contribution in [3.63, 3.8) is 0 Å². The molecule has 4 rings (SSSR count). The molecule has 0 spiro atoms. The molecule has 0 amide bonds. The standard InChI is InChI=1S/C27H22N2S/c1-21(28-18-22-16-17-30-20-22)25-14-8-9-15-27(25)29-19-26(23-10-4-2-5-11-23)24-12-6-3-7-13-24/h2-18,20-21H,1H3/t21-/m0/s1. The maximum Gasteiger partial charge on any atom is 0.0783 e. The molecule has 0 bridgehead atoms. The van der Waals surface area contributed by atoms with Crippen LogP contribution in [0, 0.1) is 0 Å². The molecule has 146 valence electrons. The van der Waals surface area contributed by atoms with E-state index in [9.17, 15) is 0 Å². The average molecular weight is 407 g/mol. The van der Waals surface area contributed by atoms with Crippen molar-refractivity contribution in [2.45, 2.75) is 13.0 Å². The van der Waals surface area contributed by atoms with Crippen molar-refractivity contribution in [2.75, 3.05) is 0 Å². The van der Waals surface area contributed by atoms with E-state index in [-0.39, 0.29) is 6.04 Å². The predicted molar refractivity (Wildman–Crippen MR) is 129 cm³/mol. The second kappa shape index (κ2) is 9.80. The molecule has 1 aromatic heterocycles. The summed E-state index contributed by atoms with van der Waals surface area (Å²) >= 11 is 1.67. The van der Waals surface area contributed by atoms with Gasteiger partial charge in [0, 0.05) is 17.3 Å². The van der Waals surface area contributed by atoms with Gasteiger partial charge in [0.1, 0.15) is 0 Å². The first-order valence-electron chi connectivity index (χ1n) is 9.90. The van der Waals surface area contributed by atoms with E-state index >= 15 is 0 Å². The van der Waals surface area contributed by atoms with E-state index in [0.717, 1.165) is 33.5 Å². The zero-order valence-electron chi connectivity index (χ0n) is 16.8. The van der Waals surface area contributed by atoms with Gasteiger partial charge in [0.15, 0.2) is 0 Å². The number of thiophene rings is 1. The smallest absolute Gasteiger partial charge is 0.0783 e. The van der Waals surface area contributed by atoms with Crippen LogP contribution < -0.4 is 0 Å². The summed E-state index contributed by atoms with van der Waals surface area (Å²) in [5.74, 6) is 3.33. The van der Waals surface area contributed by atoms with Crippen LogP contribution in [0.15, 0.2) is 112 Å². The van der Waals surface area contributed by atoms with E-state index in [1.807, 2.05) is 60.8 Å². The summed E-state index contributed by atoms with van der Waals surface area (Å²) in [4.78, 5) is 9.49. The number of para-hydroxylation sites is 1. The van der Waals surface area contributed by atoms with Gasteiger partial charge >= 0.3 is 0 Å². The van der Waals surface area contributed by atoms with Crippen LogP contribution in [0.3, 0.4) is 0 Å². The maximum absolute atomic E-state index is 4.77. The molecular formula is C27H22N2S. The molecule has 0 aliphatic carbocycles. The lowest BCUT2D eigenvalue weighted by Gasteiger charge is -2.09. The van der Waals surface area contributed by atoms with Gasteiger partial charge in [-0.1, -0.05) is 78.9 Å². The van der Waals surface area contributed by atoms with Crippen LogP contribution in [0.2, 0.25) is 0 Å². The molecule has 0 saturated carbocycles. The summed E-state index contributed by atoms with van der Waals surface area (Å²) in [6, 6.07) is 30.8. The van der Waals surface area contributed by atoms with Crippen molar-refractivity contribution in [3.05, 3.63) is 124 Å². The third-order valence-electron chi connectivity index (χ3n) is 4.79. The topological polar surface area (TPSA) is 24.7 Å². The van der Waals surface area contributed by atoms with Crippen molar-refractivity contribution < 1.29 is 0 Å². The molecule has 3 heteroatoms. The van der Waals surface area contributed by atoms with Crippen LogP contribution in [0.5, 0.6) is 0 Å². The van der Waals surface area contributed by atoms with Gasteiger partial charge in [0.25, 0.3) is 0 Å². The molecule has 2 nitrogen and oxygen atoms in total. The molecule has 0 unspecified atom stereocenters. The highest BCUT2D eigenvalue weighted by atomic mass is 32.1. The summed E-state index contributed by atoms with van der Waals surface area (Å²) in [6.07, 6.45) is 1.93. The fourth-order valence-corrected chi connectivity index (χ4v) is 3.80. The minimum absolute atomic E-state index is 0.00329. The number of hydrogen-bond donors (Lipinski definition) is 0. The van der Waals surface area contributed by atoms with Crippen molar-refractivity contribution in [1.29, 1.82) is 0 Å². The lowest BCUT2D eigenvalue weighted by Crippen LogP contribution is -1.92. The highest BCUT2D eigenvalue weighted by molar-refractivity contribution is 7.08. The molecule has 0 N–H and O–H groups in total. The van der Waals surface area contributed by atoms with E-state index in [0.29, 0.717) is 0 Å². The Labute approximate surface area is 181 Å². The van der Waals surface area contributed by atoms with Crippen LogP contribution >= 0.6 is 11.3 Å². The van der Waals surface area contributed by atoms with Crippen LogP contribution in [0.4, 0.5) is 5.69 Å². The Morgan fingerprint density at radius 1 is 0.833 bits per heavy atom. The van der Waals surface area contributed by atoms with Crippen LogP contribution in [0.1, 0.15) is 35.2 Å². The van der Waals surface area contributed by atoms with Gasteiger partial charge in [0.05, 0.1) is 17.3 Å². The van der Waals surface area contributed by atoms with Gasteiger partial charge in [-0.3, -0.25) is 4.99 Å². The molecule has 0 radical (unpaired) electrons. The second-order valence-corrected chi connectivity index (χ2v) is 7.68. The molecule has 1 heterocycles.